The van der Waals surface area contributed by atoms with Gasteiger partial charge < -0.3 is 0 Å². The van der Waals surface area contributed by atoms with E-state index in [4.69, 9.17) is 0 Å². The van der Waals surface area contributed by atoms with E-state index >= 15 is 0 Å². The van der Waals surface area contributed by atoms with Crippen molar-refractivity contribution in [3.05, 3.63) is 35.9 Å². The van der Waals surface area contributed by atoms with Gasteiger partial charge in [-0.3, -0.25) is 14.5 Å². The number of hydrogen-bond acceptors (Lipinski definition) is 5. The molecule has 0 aliphatic heterocycles. The van der Waals surface area contributed by atoms with Crippen LogP contribution in [0.1, 0.15) is 10.4 Å². The minimum Gasteiger partial charge on any atom is -0.298 e. The van der Waals surface area contributed by atoms with Crippen LogP contribution in [-0.2, 0) is 16.4 Å². The van der Waals surface area contributed by atoms with E-state index in [1.54, 1.807) is 0 Å². The van der Waals surface area contributed by atoms with Gasteiger partial charge in [0.15, 0.2) is 6.29 Å². The summed E-state index contributed by atoms with van der Waals surface area (Å²) in [7, 11) is -3.12. The molecule has 0 unspecified atom stereocenters. The van der Waals surface area contributed by atoms with E-state index in [1.165, 1.54) is 23.0 Å². The van der Waals surface area contributed by atoms with Crippen LogP contribution < -0.4 is 0 Å². The number of hydrogen-bond donors (Lipinski definition) is 0. The van der Waals surface area contributed by atoms with Gasteiger partial charge in [-0.25, -0.2) is 12.8 Å². The van der Waals surface area contributed by atoms with E-state index in [0.717, 1.165) is 12.5 Å². The lowest BCUT2D eigenvalue weighted by molar-refractivity contribution is 0.112. The summed E-state index contributed by atoms with van der Waals surface area (Å²) in [6.45, 7) is 0.140. The summed E-state index contributed by atoms with van der Waals surface area (Å²) in [5.74, 6) is -0.568. The normalized spacial score (nSPS) is 11.5. The number of nitrogens with zero attached hydrogens (tertiary/aromatic N) is 3. The third-order valence-corrected chi connectivity index (χ3v) is 3.50. The molecular weight excluding hydrogens is 285 g/mol. The number of carbonyl (C=O) groups is 1. The molecule has 0 N–H and O–H groups in total. The van der Waals surface area contributed by atoms with Crippen molar-refractivity contribution in [3.63, 3.8) is 0 Å². The first-order valence-electron chi connectivity index (χ1n) is 5.71. The summed E-state index contributed by atoms with van der Waals surface area (Å²) in [5.41, 5.74) is 0.928. The zero-order chi connectivity index (χ0) is 14.8. The second kappa shape index (κ2) is 5.49. The molecule has 0 atom stereocenters. The van der Waals surface area contributed by atoms with Crippen molar-refractivity contribution in [3.8, 4) is 11.4 Å². The Kier molecular flexibility index (Phi) is 3.93. The van der Waals surface area contributed by atoms with Gasteiger partial charge in [-0.2, -0.15) is 5.10 Å². The zero-order valence-electron chi connectivity index (χ0n) is 10.7. The highest BCUT2D eigenvalue weighted by molar-refractivity contribution is 7.90. The fourth-order valence-corrected chi connectivity index (χ4v) is 2.13. The Morgan fingerprint density at radius 3 is 2.70 bits per heavy atom. The number of pyridine rings is 1. The van der Waals surface area contributed by atoms with Crippen molar-refractivity contribution in [2.45, 2.75) is 6.54 Å². The van der Waals surface area contributed by atoms with E-state index in [1.807, 2.05) is 0 Å². The standard InChI is InChI=1S/C12H12FN3O3S/c1-20(18,19)5-4-16-7-9(8-17)12(15-16)11-3-2-10(13)6-14-11/h2-3,6-8H,4-5H2,1H3. The molecule has 0 saturated heterocycles. The second-order valence-corrected chi connectivity index (χ2v) is 6.57. The summed E-state index contributed by atoms with van der Waals surface area (Å²) in [6.07, 6.45) is 4.20. The molecule has 2 aromatic rings. The molecule has 0 radical (unpaired) electrons. The highest BCUT2D eigenvalue weighted by Gasteiger charge is 2.13. The summed E-state index contributed by atoms with van der Waals surface area (Å²) < 4.78 is 36.4. The first-order chi connectivity index (χ1) is 9.39. The van der Waals surface area contributed by atoms with Crippen LogP contribution in [0.15, 0.2) is 24.5 Å². The molecule has 2 aromatic heterocycles. The molecule has 0 aliphatic rings. The summed E-state index contributed by atoms with van der Waals surface area (Å²) in [4.78, 5) is 14.9. The average molecular weight is 297 g/mol. The maximum atomic E-state index is 12.8. The van der Waals surface area contributed by atoms with Crippen LogP contribution in [0.3, 0.4) is 0 Å². The third kappa shape index (κ3) is 3.47. The van der Waals surface area contributed by atoms with E-state index < -0.39 is 15.7 Å². The van der Waals surface area contributed by atoms with Crippen molar-refractivity contribution in [1.29, 1.82) is 0 Å². The van der Waals surface area contributed by atoms with Gasteiger partial charge in [0.2, 0.25) is 0 Å². The molecule has 6 nitrogen and oxygen atoms in total. The highest BCUT2D eigenvalue weighted by atomic mass is 32.2. The van der Waals surface area contributed by atoms with Crippen molar-refractivity contribution in [2.24, 2.45) is 0 Å². The SMILES string of the molecule is CS(=O)(=O)CCn1cc(C=O)c(-c2ccc(F)cn2)n1. The number of sulfone groups is 1. The monoisotopic (exact) mass is 297 g/mol. The van der Waals surface area contributed by atoms with Crippen molar-refractivity contribution in [2.75, 3.05) is 12.0 Å². The molecule has 106 valence electrons. The van der Waals surface area contributed by atoms with E-state index in [-0.39, 0.29) is 17.9 Å². The zero-order valence-corrected chi connectivity index (χ0v) is 11.5. The number of carbonyl (C=O) groups excluding carboxylic acids is 1. The van der Waals surface area contributed by atoms with Gasteiger partial charge in [0, 0.05) is 12.5 Å². The lowest BCUT2D eigenvalue weighted by Crippen LogP contribution is -2.11. The topological polar surface area (TPSA) is 81.9 Å². The largest absolute Gasteiger partial charge is 0.298 e. The molecule has 0 bridgehead atoms. The minimum atomic E-state index is -3.12. The fraction of sp³-hybridized carbons (Fsp3) is 0.250. The quantitative estimate of drug-likeness (QED) is 0.767. The number of aryl methyl sites for hydroxylation is 1. The molecule has 0 spiro atoms. The molecule has 0 saturated carbocycles. The Morgan fingerprint density at radius 2 is 2.15 bits per heavy atom. The lowest BCUT2D eigenvalue weighted by Gasteiger charge is -1.99. The van der Waals surface area contributed by atoms with E-state index in [2.05, 4.69) is 10.1 Å². The van der Waals surface area contributed by atoms with E-state index in [9.17, 15) is 17.6 Å². The Labute approximate surface area is 115 Å². The predicted molar refractivity (Wildman–Crippen MR) is 70.5 cm³/mol. The van der Waals surface area contributed by atoms with Gasteiger partial charge in [0.1, 0.15) is 21.3 Å². The smallest absolute Gasteiger partial charge is 0.153 e. The van der Waals surface area contributed by atoms with Gasteiger partial charge >= 0.3 is 0 Å². The number of halogens is 1. The minimum absolute atomic E-state index is 0.0801. The molecule has 0 amide bonds. The Balaban J connectivity index is 2.31. The van der Waals surface area contributed by atoms with Crippen molar-refractivity contribution in [1.82, 2.24) is 14.8 Å². The number of aromatic nitrogens is 3. The fourth-order valence-electron chi connectivity index (χ4n) is 1.61. The Hall–Kier alpha value is -2.09. The summed E-state index contributed by atoms with van der Waals surface area (Å²) >= 11 is 0. The first kappa shape index (κ1) is 14.3. The average Bonchev–Trinajstić information content (AvgIpc) is 2.80. The van der Waals surface area contributed by atoms with Gasteiger partial charge in [0.25, 0.3) is 0 Å². The lowest BCUT2D eigenvalue weighted by atomic mass is 10.2. The molecule has 20 heavy (non-hydrogen) atoms. The van der Waals surface area contributed by atoms with Gasteiger partial charge in [0.05, 0.1) is 29.8 Å². The predicted octanol–water partition coefficient (Wildman–Crippen LogP) is 0.941. The molecule has 8 heteroatoms. The maximum absolute atomic E-state index is 12.8. The van der Waals surface area contributed by atoms with Gasteiger partial charge in [-0.15, -0.1) is 0 Å². The molecule has 2 heterocycles. The van der Waals surface area contributed by atoms with Crippen LogP contribution in [0.4, 0.5) is 4.39 Å². The number of rotatable bonds is 5. The van der Waals surface area contributed by atoms with Crippen molar-refractivity contribution >= 4 is 16.1 Å². The van der Waals surface area contributed by atoms with E-state index in [0.29, 0.717) is 17.7 Å². The Bertz CT molecular complexity index is 723. The summed E-state index contributed by atoms with van der Waals surface area (Å²) in [6, 6.07) is 2.62. The van der Waals surface area contributed by atoms with Crippen LogP contribution in [0.5, 0.6) is 0 Å². The first-order valence-corrected chi connectivity index (χ1v) is 7.77. The van der Waals surface area contributed by atoms with Crippen LogP contribution in [0.2, 0.25) is 0 Å². The molecule has 0 aliphatic carbocycles. The summed E-state index contributed by atoms with van der Waals surface area (Å²) in [5, 5.41) is 4.12. The molecule has 0 fully saturated rings. The molecule has 2 rings (SSSR count). The van der Waals surface area contributed by atoms with Crippen LogP contribution in [0, 0.1) is 5.82 Å². The second-order valence-electron chi connectivity index (χ2n) is 4.31. The van der Waals surface area contributed by atoms with Gasteiger partial charge in [-0.05, 0) is 12.1 Å². The highest BCUT2D eigenvalue weighted by Crippen LogP contribution is 2.18. The maximum Gasteiger partial charge on any atom is 0.153 e. The number of aldehydes is 1. The molecule has 0 aromatic carbocycles. The van der Waals surface area contributed by atoms with Gasteiger partial charge in [-0.1, -0.05) is 0 Å². The molecular formula is C12H12FN3O3S. The van der Waals surface area contributed by atoms with Crippen molar-refractivity contribution < 1.29 is 17.6 Å². The van der Waals surface area contributed by atoms with Crippen LogP contribution >= 0.6 is 0 Å². The van der Waals surface area contributed by atoms with Crippen LogP contribution in [-0.4, -0.2) is 41.5 Å². The Morgan fingerprint density at radius 1 is 1.40 bits per heavy atom. The van der Waals surface area contributed by atoms with Crippen LogP contribution in [0.25, 0.3) is 11.4 Å². The third-order valence-electron chi connectivity index (χ3n) is 2.58.